The number of likely N-dealkylation sites (tertiary alicyclic amines) is 1. The Morgan fingerprint density at radius 2 is 1.92 bits per heavy atom. The number of rotatable bonds is 16. The summed E-state index contributed by atoms with van der Waals surface area (Å²) in [4.78, 5) is 59.3. The van der Waals surface area contributed by atoms with Crippen molar-refractivity contribution in [2.45, 2.75) is 99.7 Å². The number of esters is 1. The molecule has 4 rings (SSSR count). The van der Waals surface area contributed by atoms with Gasteiger partial charge in [-0.1, -0.05) is 65.3 Å². The van der Waals surface area contributed by atoms with Crippen molar-refractivity contribution >= 4 is 39.6 Å². The summed E-state index contributed by atoms with van der Waals surface area (Å²) in [5.74, 6) is -3.76. The highest BCUT2D eigenvalue weighted by molar-refractivity contribution is 9.09. The third-order valence-corrected chi connectivity index (χ3v) is 10.5. The lowest BCUT2D eigenvalue weighted by atomic mass is 9.70. The van der Waals surface area contributed by atoms with Crippen LogP contribution in [0.15, 0.2) is 55.6 Å². The van der Waals surface area contributed by atoms with Crippen LogP contribution in [0.5, 0.6) is 0 Å². The minimum atomic E-state index is -1.34. The van der Waals surface area contributed by atoms with E-state index in [1.54, 1.807) is 29.2 Å². The summed E-state index contributed by atoms with van der Waals surface area (Å²) >= 11 is 3.71. The number of halogens is 1. The first-order valence-electron chi connectivity index (χ1n) is 16.6. The van der Waals surface area contributed by atoms with Gasteiger partial charge in [0.05, 0.1) is 43.2 Å². The highest BCUT2D eigenvalue weighted by atomic mass is 79.9. The molecule has 1 aromatic carbocycles. The van der Waals surface area contributed by atoms with Crippen molar-refractivity contribution in [1.82, 2.24) is 15.1 Å². The Balaban J connectivity index is 1.76. The Bertz CT molecular complexity index is 1350. The van der Waals surface area contributed by atoms with Gasteiger partial charge in [0.1, 0.15) is 17.7 Å². The maximum atomic E-state index is 14.6. The second-order valence-electron chi connectivity index (χ2n) is 13.8. The Kier molecular flexibility index (Phi) is 12.3. The molecule has 3 heterocycles. The quantitative estimate of drug-likeness (QED) is 0.149. The van der Waals surface area contributed by atoms with E-state index in [0.29, 0.717) is 24.8 Å². The van der Waals surface area contributed by atoms with Crippen LogP contribution in [-0.4, -0.2) is 106 Å². The molecule has 3 aliphatic heterocycles. The normalized spacial score (nSPS) is 27.9. The summed E-state index contributed by atoms with van der Waals surface area (Å²) < 4.78 is 18.4. The molecule has 3 amide bonds. The monoisotopic (exact) mass is 731 g/mol. The summed E-state index contributed by atoms with van der Waals surface area (Å²) in [6.07, 6.45) is 2.97. The van der Waals surface area contributed by atoms with E-state index in [1.807, 2.05) is 45.9 Å². The lowest BCUT2D eigenvalue weighted by Gasteiger charge is -2.43. The molecule has 0 radical (unpaired) electrons. The zero-order valence-corrected chi connectivity index (χ0v) is 30.2. The largest absolute Gasteiger partial charge is 0.455 e. The maximum absolute atomic E-state index is 14.6. The SMILES string of the molecule is C=CCCC(=O)N[C@@H](COC)[C@@H](OC(=O)[C@H]1[C@@H]2O[C@@]3(CC2Br)[C@@H]1C(=O)N([C@@H](CC)CO)[C@@H]3C(=O)N(CC=C)C(C)(C)C)c1ccccc1. The summed E-state index contributed by atoms with van der Waals surface area (Å²) in [6, 6.07) is 6.56. The predicted octanol–water partition coefficient (Wildman–Crippen LogP) is 3.70. The van der Waals surface area contributed by atoms with E-state index in [1.165, 1.54) is 12.0 Å². The number of methoxy groups -OCH3 is 1. The van der Waals surface area contributed by atoms with Gasteiger partial charge in [-0.25, -0.2) is 0 Å². The van der Waals surface area contributed by atoms with E-state index in [9.17, 15) is 24.3 Å². The zero-order valence-electron chi connectivity index (χ0n) is 28.6. The lowest BCUT2D eigenvalue weighted by Crippen LogP contribution is -2.61. The third kappa shape index (κ3) is 7.13. The molecule has 9 atom stereocenters. The van der Waals surface area contributed by atoms with Crippen LogP contribution in [0.1, 0.15) is 65.0 Å². The van der Waals surface area contributed by atoms with Crippen LogP contribution in [-0.2, 0) is 33.4 Å². The van der Waals surface area contributed by atoms with E-state index in [0.717, 1.165) is 0 Å². The smallest absolute Gasteiger partial charge is 0.313 e. The number of ether oxygens (including phenoxy) is 3. The van der Waals surface area contributed by atoms with E-state index in [-0.39, 0.29) is 42.8 Å². The van der Waals surface area contributed by atoms with Crippen LogP contribution in [0.3, 0.4) is 0 Å². The molecular weight excluding hydrogens is 682 g/mol. The van der Waals surface area contributed by atoms with Gasteiger partial charge in [-0.05, 0) is 45.6 Å². The molecule has 3 fully saturated rings. The van der Waals surface area contributed by atoms with E-state index < -0.39 is 65.2 Å². The number of aliphatic hydroxyl groups is 1. The van der Waals surface area contributed by atoms with Crippen molar-refractivity contribution in [3.8, 4) is 0 Å². The zero-order chi connectivity index (χ0) is 35.4. The molecule has 264 valence electrons. The van der Waals surface area contributed by atoms with Crippen LogP contribution in [0.25, 0.3) is 0 Å². The van der Waals surface area contributed by atoms with E-state index in [4.69, 9.17) is 14.2 Å². The molecule has 1 aromatic rings. The fraction of sp³-hybridized carbons (Fsp3) is 0.611. The van der Waals surface area contributed by atoms with Crippen LogP contribution < -0.4 is 5.32 Å². The average molecular weight is 733 g/mol. The predicted molar refractivity (Wildman–Crippen MR) is 184 cm³/mol. The molecule has 11 nitrogen and oxygen atoms in total. The number of benzene rings is 1. The minimum Gasteiger partial charge on any atom is -0.455 e. The molecule has 3 aliphatic rings. The number of allylic oxidation sites excluding steroid dienone is 1. The average Bonchev–Trinajstić information content (AvgIpc) is 3.65. The van der Waals surface area contributed by atoms with Gasteiger partial charge in [0, 0.05) is 30.4 Å². The van der Waals surface area contributed by atoms with Gasteiger partial charge in [0.15, 0.2) is 0 Å². The van der Waals surface area contributed by atoms with Gasteiger partial charge in [-0.15, -0.1) is 13.2 Å². The van der Waals surface area contributed by atoms with Gasteiger partial charge in [-0.3, -0.25) is 19.2 Å². The molecule has 12 heteroatoms. The summed E-state index contributed by atoms with van der Waals surface area (Å²) in [5, 5.41) is 13.4. The molecule has 3 saturated heterocycles. The van der Waals surface area contributed by atoms with Crippen molar-refractivity contribution in [2.75, 3.05) is 26.9 Å². The molecule has 1 spiro atoms. The van der Waals surface area contributed by atoms with Crippen molar-refractivity contribution in [1.29, 1.82) is 0 Å². The van der Waals surface area contributed by atoms with Crippen molar-refractivity contribution < 1.29 is 38.5 Å². The highest BCUT2D eigenvalue weighted by Gasteiger charge is 2.77. The number of hydrogen-bond acceptors (Lipinski definition) is 8. The molecular formula is C36H50BrN3O8. The molecule has 2 bridgehead atoms. The molecule has 1 unspecified atom stereocenters. The number of carbonyl (C=O) groups is 4. The van der Waals surface area contributed by atoms with Gasteiger partial charge < -0.3 is 34.4 Å². The molecule has 2 N–H and O–H groups in total. The number of aliphatic hydroxyl groups excluding tert-OH is 1. The second kappa shape index (κ2) is 15.7. The molecule has 0 aliphatic carbocycles. The first-order valence-corrected chi connectivity index (χ1v) is 17.5. The van der Waals surface area contributed by atoms with Crippen LogP contribution in [0, 0.1) is 11.8 Å². The molecule has 48 heavy (non-hydrogen) atoms. The van der Waals surface area contributed by atoms with Gasteiger partial charge >= 0.3 is 5.97 Å². The van der Waals surface area contributed by atoms with Crippen molar-refractivity contribution in [3.63, 3.8) is 0 Å². The van der Waals surface area contributed by atoms with Crippen molar-refractivity contribution in [3.05, 3.63) is 61.2 Å². The summed E-state index contributed by atoms with van der Waals surface area (Å²) in [6.45, 7) is 15.0. The second-order valence-corrected chi connectivity index (χ2v) is 15.0. The van der Waals surface area contributed by atoms with Crippen LogP contribution >= 0.6 is 15.9 Å². The standard InChI is InChI=1S/C36H50BrN3O8/c1-8-11-17-26(42)38-25(21-46-7)29(22-15-13-12-14-16-22)47-34(45)27-28-32(43)40(23(10-3)20-41)31(36(28)19-24(37)30(27)48-36)33(44)39(18-9-2)35(4,5)6/h8-9,12-16,23-25,27-31,41H,1-2,10-11,17-21H2,3-7H3,(H,38,42)/t23-,24?,25-,27+,28-,29-,30+,31+,36-/m0/s1. The van der Waals surface area contributed by atoms with E-state index >= 15 is 0 Å². The Morgan fingerprint density at radius 3 is 2.48 bits per heavy atom. The number of amides is 3. The fourth-order valence-corrected chi connectivity index (χ4v) is 8.46. The Labute approximate surface area is 292 Å². The van der Waals surface area contributed by atoms with Crippen LogP contribution in [0.2, 0.25) is 0 Å². The number of alkyl halides is 1. The molecule has 0 saturated carbocycles. The maximum Gasteiger partial charge on any atom is 0.313 e. The summed E-state index contributed by atoms with van der Waals surface area (Å²) in [5.41, 5.74) is -1.32. The van der Waals surface area contributed by atoms with E-state index in [2.05, 4.69) is 34.4 Å². The van der Waals surface area contributed by atoms with Gasteiger partial charge in [0.25, 0.3) is 0 Å². The Morgan fingerprint density at radius 1 is 1.23 bits per heavy atom. The minimum absolute atomic E-state index is 0.0512. The number of hydrogen-bond donors (Lipinski definition) is 2. The van der Waals surface area contributed by atoms with Gasteiger partial charge in [-0.2, -0.15) is 0 Å². The number of fused-ring (bicyclic) bond motifs is 1. The summed E-state index contributed by atoms with van der Waals surface area (Å²) in [7, 11) is 1.50. The Hall–Kier alpha value is -3.06. The molecule has 0 aromatic heterocycles. The highest BCUT2D eigenvalue weighted by Crippen LogP contribution is 2.61. The van der Waals surface area contributed by atoms with Gasteiger partial charge in [0.2, 0.25) is 17.7 Å². The first kappa shape index (κ1) is 37.8. The number of carbonyl (C=O) groups excluding carboxylic acids is 4. The van der Waals surface area contributed by atoms with Crippen LogP contribution in [0.4, 0.5) is 0 Å². The fourth-order valence-electron chi connectivity index (χ4n) is 7.52. The van der Waals surface area contributed by atoms with Crippen molar-refractivity contribution in [2.24, 2.45) is 11.8 Å². The number of nitrogens with zero attached hydrogens (tertiary/aromatic N) is 2. The third-order valence-electron chi connectivity index (χ3n) is 9.70. The first-order chi connectivity index (χ1) is 22.8. The number of nitrogens with one attached hydrogen (secondary N) is 1. The lowest BCUT2D eigenvalue weighted by molar-refractivity contribution is -0.163. The topological polar surface area (TPSA) is 135 Å².